The van der Waals surface area contributed by atoms with Gasteiger partial charge in [0, 0.05) is 0 Å². The Hall–Kier alpha value is -1.32. The Morgan fingerprint density at radius 2 is 1.65 bits per heavy atom. The van der Waals surface area contributed by atoms with Crippen LogP contribution in [0.1, 0.15) is 11.7 Å². The molecule has 0 saturated heterocycles. The van der Waals surface area contributed by atoms with Gasteiger partial charge in [-0.25, -0.2) is 0 Å². The minimum Gasteiger partial charge on any atom is -0.395 e. The van der Waals surface area contributed by atoms with Crippen LogP contribution in [0.4, 0.5) is 0 Å². The van der Waals surface area contributed by atoms with Crippen LogP contribution in [0.2, 0.25) is 0 Å². The molecule has 2 rings (SSSR count). The summed E-state index contributed by atoms with van der Waals surface area (Å²) in [6, 6.07) is 7.11. The SMILES string of the molecule is OCC1=CC(NC(CO)C(O)c2ccccc2)C(O)C(O)C1O. The van der Waals surface area contributed by atoms with Crippen molar-refractivity contribution in [2.45, 2.75) is 36.5 Å². The molecular formula is C16H23NO6. The number of aliphatic hydroxyl groups is 6. The molecule has 7 N–H and O–H groups in total. The number of benzene rings is 1. The first-order valence-corrected chi connectivity index (χ1v) is 7.45. The fourth-order valence-corrected chi connectivity index (χ4v) is 2.71. The van der Waals surface area contributed by atoms with Crippen LogP contribution in [0.15, 0.2) is 42.0 Å². The van der Waals surface area contributed by atoms with Crippen LogP contribution in [0.5, 0.6) is 0 Å². The normalized spacial score (nSPS) is 30.6. The summed E-state index contributed by atoms with van der Waals surface area (Å²) in [6.07, 6.45) is -3.77. The lowest BCUT2D eigenvalue weighted by atomic mass is 9.87. The summed E-state index contributed by atoms with van der Waals surface area (Å²) >= 11 is 0. The van der Waals surface area contributed by atoms with E-state index in [9.17, 15) is 30.6 Å². The highest BCUT2D eigenvalue weighted by Crippen LogP contribution is 2.23. The maximum atomic E-state index is 10.4. The summed E-state index contributed by atoms with van der Waals surface area (Å²) in [7, 11) is 0. The van der Waals surface area contributed by atoms with Crippen LogP contribution in [-0.2, 0) is 0 Å². The monoisotopic (exact) mass is 325 g/mol. The first-order chi connectivity index (χ1) is 11.0. The summed E-state index contributed by atoms with van der Waals surface area (Å²) in [5.41, 5.74) is 0.766. The molecule has 1 aromatic carbocycles. The number of hydrogen-bond donors (Lipinski definition) is 7. The van der Waals surface area contributed by atoms with Gasteiger partial charge < -0.3 is 36.0 Å². The Bertz CT molecular complexity index is 523. The zero-order chi connectivity index (χ0) is 17.0. The topological polar surface area (TPSA) is 133 Å². The molecule has 0 aliphatic heterocycles. The number of nitrogens with one attached hydrogen (secondary N) is 1. The van der Waals surface area contributed by atoms with Crippen LogP contribution >= 0.6 is 0 Å². The standard InChI is InChI=1S/C16H23NO6/c18-7-10-6-11(15(22)16(23)14(10)21)17-12(8-19)13(20)9-4-2-1-3-5-9/h1-6,11-23H,7-8H2. The average molecular weight is 325 g/mol. The summed E-state index contributed by atoms with van der Waals surface area (Å²) in [5, 5.41) is 61.6. The lowest BCUT2D eigenvalue weighted by Gasteiger charge is -2.37. The van der Waals surface area contributed by atoms with Gasteiger partial charge >= 0.3 is 0 Å². The Kier molecular flexibility index (Phi) is 6.25. The van der Waals surface area contributed by atoms with E-state index in [2.05, 4.69) is 5.32 Å². The number of hydrogen-bond acceptors (Lipinski definition) is 7. The van der Waals surface area contributed by atoms with Gasteiger partial charge in [0.1, 0.15) is 18.3 Å². The zero-order valence-electron chi connectivity index (χ0n) is 12.5. The molecule has 0 fully saturated rings. The molecule has 23 heavy (non-hydrogen) atoms. The Morgan fingerprint density at radius 3 is 2.22 bits per heavy atom. The van der Waals surface area contributed by atoms with Gasteiger partial charge in [-0.05, 0) is 11.1 Å². The third-order valence-corrected chi connectivity index (χ3v) is 4.12. The van der Waals surface area contributed by atoms with Gasteiger partial charge in [0.15, 0.2) is 0 Å². The van der Waals surface area contributed by atoms with E-state index in [4.69, 9.17) is 0 Å². The molecule has 0 spiro atoms. The van der Waals surface area contributed by atoms with Crippen LogP contribution in [0, 0.1) is 0 Å². The molecule has 6 atom stereocenters. The highest BCUT2D eigenvalue weighted by atomic mass is 16.4. The van der Waals surface area contributed by atoms with E-state index in [1.807, 2.05) is 0 Å². The molecule has 1 aliphatic carbocycles. The molecule has 7 heteroatoms. The Morgan fingerprint density at radius 1 is 1.00 bits per heavy atom. The highest BCUT2D eigenvalue weighted by Gasteiger charge is 2.38. The third kappa shape index (κ3) is 3.96. The largest absolute Gasteiger partial charge is 0.395 e. The zero-order valence-corrected chi connectivity index (χ0v) is 12.5. The van der Waals surface area contributed by atoms with E-state index in [1.165, 1.54) is 6.08 Å². The molecule has 7 nitrogen and oxygen atoms in total. The van der Waals surface area contributed by atoms with Crippen LogP contribution in [0.25, 0.3) is 0 Å². The van der Waals surface area contributed by atoms with E-state index in [-0.39, 0.29) is 5.57 Å². The summed E-state index contributed by atoms with van der Waals surface area (Å²) in [4.78, 5) is 0. The van der Waals surface area contributed by atoms with Crippen molar-refractivity contribution in [2.75, 3.05) is 13.2 Å². The van der Waals surface area contributed by atoms with Crippen molar-refractivity contribution in [2.24, 2.45) is 0 Å². The predicted molar refractivity (Wildman–Crippen MR) is 82.4 cm³/mol. The first-order valence-electron chi connectivity index (χ1n) is 7.45. The number of rotatable bonds is 6. The minimum atomic E-state index is -1.46. The van der Waals surface area contributed by atoms with Crippen molar-refractivity contribution in [3.8, 4) is 0 Å². The smallest absolute Gasteiger partial charge is 0.111 e. The Labute approximate surface area is 134 Å². The molecule has 0 heterocycles. The second kappa shape index (κ2) is 7.98. The maximum absolute atomic E-state index is 10.4. The van der Waals surface area contributed by atoms with Crippen molar-refractivity contribution >= 4 is 0 Å². The van der Waals surface area contributed by atoms with Crippen molar-refractivity contribution in [1.29, 1.82) is 0 Å². The van der Waals surface area contributed by atoms with Crippen molar-refractivity contribution in [3.05, 3.63) is 47.5 Å². The van der Waals surface area contributed by atoms with Gasteiger partial charge in [-0.15, -0.1) is 0 Å². The lowest BCUT2D eigenvalue weighted by Crippen LogP contribution is -2.57. The molecule has 0 radical (unpaired) electrons. The maximum Gasteiger partial charge on any atom is 0.111 e. The quantitative estimate of drug-likeness (QED) is 0.302. The van der Waals surface area contributed by atoms with E-state index in [0.29, 0.717) is 5.56 Å². The van der Waals surface area contributed by atoms with Gasteiger partial charge in [0.05, 0.1) is 31.4 Å². The van der Waals surface area contributed by atoms with E-state index >= 15 is 0 Å². The van der Waals surface area contributed by atoms with E-state index in [0.717, 1.165) is 0 Å². The predicted octanol–water partition coefficient (Wildman–Crippen LogP) is -1.95. The highest BCUT2D eigenvalue weighted by molar-refractivity contribution is 5.23. The van der Waals surface area contributed by atoms with Crippen molar-refractivity contribution in [3.63, 3.8) is 0 Å². The molecule has 1 aromatic rings. The van der Waals surface area contributed by atoms with Crippen molar-refractivity contribution in [1.82, 2.24) is 5.32 Å². The summed E-state index contributed by atoms with van der Waals surface area (Å²) in [6.45, 7) is -0.867. The van der Waals surface area contributed by atoms with E-state index < -0.39 is 49.7 Å². The second-order valence-corrected chi connectivity index (χ2v) is 5.66. The first kappa shape index (κ1) is 18.0. The summed E-state index contributed by atoms with van der Waals surface area (Å²) in [5.74, 6) is 0. The van der Waals surface area contributed by atoms with Crippen molar-refractivity contribution < 1.29 is 30.6 Å². The van der Waals surface area contributed by atoms with Crippen LogP contribution in [-0.4, -0.2) is 74.2 Å². The van der Waals surface area contributed by atoms with Gasteiger partial charge in [-0.1, -0.05) is 36.4 Å². The van der Waals surface area contributed by atoms with Gasteiger partial charge in [0.25, 0.3) is 0 Å². The minimum absolute atomic E-state index is 0.172. The molecule has 128 valence electrons. The molecule has 0 bridgehead atoms. The van der Waals surface area contributed by atoms with Crippen LogP contribution in [0.3, 0.4) is 0 Å². The average Bonchev–Trinajstić information content (AvgIpc) is 2.59. The fourth-order valence-electron chi connectivity index (χ4n) is 2.71. The second-order valence-electron chi connectivity index (χ2n) is 5.66. The molecular weight excluding hydrogens is 302 g/mol. The summed E-state index contributed by atoms with van der Waals surface area (Å²) < 4.78 is 0. The van der Waals surface area contributed by atoms with Gasteiger partial charge in [0.2, 0.25) is 0 Å². The molecule has 0 amide bonds. The molecule has 0 aromatic heterocycles. The lowest BCUT2D eigenvalue weighted by molar-refractivity contribution is -0.0684. The van der Waals surface area contributed by atoms with E-state index in [1.54, 1.807) is 30.3 Å². The van der Waals surface area contributed by atoms with Gasteiger partial charge in [-0.3, -0.25) is 0 Å². The molecule has 1 aliphatic rings. The molecule has 6 unspecified atom stereocenters. The fraction of sp³-hybridized carbons (Fsp3) is 0.500. The molecule has 0 saturated carbocycles. The van der Waals surface area contributed by atoms with Gasteiger partial charge in [-0.2, -0.15) is 0 Å². The number of aliphatic hydroxyl groups excluding tert-OH is 6. The van der Waals surface area contributed by atoms with Crippen LogP contribution < -0.4 is 5.32 Å². The third-order valence-electron chi connectivity index (χ3n) is 4.12. The Balaban J connectivity index is 2.16.